The molecule has 22 nitrogen and oxygen atoms in total. The number of aromatic nitrogens is 2. The zero-order valence-electron chi connectivity index (χ0n) is 29.5. The van der Waals surface area contributed by atoms with Gasteiger partial charge in [0, 0.05) is 19.0 Å². The van der Waals surface area contributed by atoms with Gasteiger partial charge in [-0.3, -0.25) is 33.6 Å². The number of carboxylic acid groups (broad SMARTS) is 2. The summed E-state index contributed by atoms with van der Waals surface area (Å²) in [5, 5.41) is 41.1. The van der Waals surface area contributed by atoms with Crippen LogP contribution in [0.4, 0.5) is 0 Å². The Hall–Kier alpha value is -5.19. The van der Waals surface area contributed by atoms with Gasteiger partial charge in [0.25, 0.3) is 0 Å². The smallest absolute Gasteiger partial charge is 0.326 e. The van der Waals surface area contributed by atoms with Crippen LogP contribution in [0.3, 0.4) is 0 Å². The molecule has 0 fully saturated rings. The molecule has 1 aromatic rings. The third-order valence-electron chi connectivity index (χ3n) is 7.86. The van der Waals surface area contributed by atoms with Gasteiger partial charge < -0.3 is 69.8 Å². The van der Waals surface area contributed by atoms with Crippen LogP contribution in [0.15, 0.2) is 12.5 Å². The summed E-state index contributed by atoms with van der Waals surface area (Å²) in [5.74, 6) is -8.50. The third kappa shape index (κ3) is 17.7. The second-order valence-corrected chi connectivity index (χ2v) is 12.4. The lowest BCUT2D eigenvalue weighted by atomic mass is 10.0. The highest BCUT2D eigenvalue weighted by Crippen LogP contribution is 2.08. The Kier molecular flexibility index (Phi) is 20.9. The number of primary amides is 1. The zero-order chi connectivity index (χ0) is 40.1. The van der Waals surface area contributed by atoms with Crippen LogP contribution in [0, 0.1) is 0 Å². The molecule has 1 aromatic heterocycles. The molecule has 0 aliphatic rings. The SMILES string of the molecule is C[C@@H](O)[C@H](NC(=O)[C@@H](N)CCC(N)=O)C(=O)N[C@@H](CCCCN)C(=O)N[C@@H](Cc1c[nH]cn1)C(=O)N[C@@H](CC(=O)O)C(=O)N[C@@H](CCCCN)C(=O)O. The molecule has 17 N–H and O–H groups in total. The number of nitrogens with two attached hydrogens (primary N) is 4. The average molecular weight is 756 g/mol. The number of aromatic amines is 1. The number of H-pyrrole nitrogens is 1. The number of hydrogen-bond acceptors (Lipinski definition) is 13. The number of rotatable bonds is 27. The molecule has 6 amide bonds. The van der Waals surface area contributed by atoms with Gasteiger partial charge in [-0.15, -0.1) is 0 Å². The number of hydrogen-bond donors (Lipinski definition) is 13. The van der Waals surface area contributed by atoms with Gasteiger partial charge in [0.1, 0.15) is 30.2 Å². The standard InChI is InChI=1S/C31H53N11O11/c1-16(43)25(42-26(47)18(34)8-9-23(35)44)30(51)38-19(6-2-4-10-32)27(48)40-21(12-17-14-36-15-37-17)28(49)41-22(13-24(45)46)29(50)39-20(31(52)53)7-3-5-11-33/h14-16,18-22,25,43H,2-13,32-34H2,1H3,(H2,35,44)(H,36,37)(H,38,51)(H,39,50)(H,40,48)(H,41,49)(H,42,47)(H,45,46)(H,52,53)/t16-,18+,19+,20+,21+,22+,25+/m1/s1. The summed E-state index contributed by atoms with van der Waals surface area (Å²) in [4.78, 5) is 108. The molecule has 0 aromatic carbocycles. The minimum absolute atomic E-state index is 0.0111. The van der Waals surface area contributed by atoms with Crippen LogP contribution in [-0.2, 0) is 44.8 Å². The largest absolute Gasteiger partial charge is 0.481 e. The Morgan fingerprint density at radius 1 is 0.736 bits per heavy atom. The van der Waals surface area contributed by atoms with Crippen LogP contribution < -0.4 is 49.5 Å². The highest BCUT2D eigenvalue weighted by molar-refractivity contribution is 5.97. The summed E-state index contributed by atoms with van der Waals surface area (Å²) in [5.41, 5.74) is 22.2. The summed E-state index contributed by atoms with van der Waals surface area (Å²) in [6.45, 7) is 1.73. The lowest BCUT2D eigenvalue weighted by Crippen LogP contribution is -2.61. The number of carbonyl (C=O) groups is 8. The normalized spacial score (nSPS) is 15.0. The van der Waals surface area contributed by atoms with Gasteiger partial charge >= 0.3 is 11.9 Å². The van der Waals surface area contributed by atoms with Crippen LogP contribution in [0.25, 0.3) is 0 Å². The van der Waals surface area contributed by atoms with Crippen molar-refractivity contribution in [3.63, 3.8) is 0 Å². The molecule has 0 unspecified atom stereocenters. The molecule has 1 rings (SSSR count). The van der Waals surface area contributed by atoms with Crippen LogP contribution in [0.2, 0.25) is 0 Å². The topological polar surface area (TPSA) is 390 Å². The maximum absolute atomic E-state index is 13.7. The highest BCUT2D eigenvalue weighted by Gasteiger charge is 2.35. The number of imidazole rings is 1. The molecule has 0 aliphatic carbocycles. The molecular weight excluding hydrogens is 702 g/mol. The van der Waals surface area contributed by atoms with E-state index in [0.717, 1.165) is 0 Å². The Morgan fingerprint density at radius 3 is 1.77 bits per heavy atom. The minimum atomic E-state index is -1.76. The second-order valence-electron chi connectivity index (χ2n) is 12.4. The number of aliphatic hydroxyl groups is 1. The van der Waals surface area contributed by atoms with Crippen molar-refractivity contribution in [1.29, 1.82) is 0 Å². The Morgan fingerprint density at radius 2 is 1.26 bits per heavy atom. The first-order valence-corrected chi connectivity index (χ1v) is 17.1. The van der Waals surface area contributed by atoms with E-state index in [1.165, 1.54) is 19.4 Å². The Bertz CT molecular complexity index is 1380. The van der Waals surface area contributed by atoms with Crippen molar-refractivity contribution in [1.82, 2.24) is 36.6 Å². The Labute approximate surface area is 305 Å². The Balaban J connectivity index is 3.30. The third-order valence-corrected chi connectivity index (χ3v) is 7.86. The first-order valence-electron chi connectivity index (χ1n) is 17.1. The second kappa shape index (κ2) is 24.1. The number of unbranched alkanes of at least 4 members (excludes halogenated alkanes) is 2. The fraction of sp³-hybridized carbons (Fsp3) is 0.645. The summed E-state index contributed by atoms with van der Waals surface area (Å²) in [6, 6.07) is -8.90. The van der Waals surface area contributed by atoms with E-state index in [4.69, 9.17) is 22.9 Å². The molecule has 53 heavy (non-hydrogen) atoms. The van der Waals surface area contributed by atoms with E-state index in [9.17, 15) is 53.7 Å². The summed E-state index contributed by atoms with van der Waals surface area (Å²) < 4.78 is 0. The van der Waals surface area contributed by atoms with E-state index in [-0.39, 0.29) is 50.9 Å². The fourth-order valence-corrected chi connectivity index (χ4v) is 4.89. The van der Waals surface area contributed by atoms with Gasteiger partial charge in [-0.05, 0) is 65.0 Å². The molecule has 0 bridgehead atoms. The van der Waals surface area contributed by atoms with Crippen LogP contribution >= 0.6 is 0 Å². The quantitative estimate of drug-likeness (QED) is 0.0375. The van der Waals surface area contributed by atoms with E-state index < -0.39 is 96.2 Å². The van der Waals surface area contributed by atoms with Gasteiger partial charge in [0.05, 0.1) is 30.6 Å². The maximum Gasteiger partial charge on any atom is 0.326 e. The summed E-state index contributed by atoms with van der Waals surface area (Å²) >= 11 is 0. The van der Waals surface area contributed by atoms with Crippen molar-refractivity contribution in [2.75, 3.05) is 13.1 Å². The lowest BCUT2D eigenvalue weighted by molar-refractivity contribution is -0.144. The molecule has 0 radical (unpaired) electrons. The van der Waals surface area contributed by atoms with Gasteiger partial charge in [0.15, 0.2) is 0 Å². The van der Waals surface area contributed by atoms with Crippen molar-refractivity contribution in [2.45, 2.75) is 113 Å². The summed E-state index contributed by atoms with van der Waals surface area (Å²) in [6.07, 6.45) is 1.19. The predicted octanol–water partition coefficient (Wildman–Crippen LogP) is -4.83. The maximum atomic E-state index is 13.7. The molecule has 1 heterocycles. The molecule has 0 saturated carbocycles. The van der Waals surface area contributed by atoms with Crippen molar-refractivity contribution < 1.29 is 53.7 Å². The van der Waals surface area contributed by atoms with E-state index in [0.29, 0.717) is 25.7 Å². The number of aliphatic carboxylic acids is 2. The zero-order valence-corrected chi connectivity index (χ0v) is 29.5. The molecule has 7 atom stereocenters. The van der Waals surface area contributed by atoms with Crippen LogP contribution in [-0.4, -0.2) is 128 Å². The lowest BCUT2D eigenvalue weighted by Gasteiger charge is -2.27. The number of aliphatic hydroxyl groups excluding tert-OH is 1. The van der Waals surface area contributed by atoms with E-state index in [1.54, 1.807) is 0 Å². The van der Waals surface area contributed by atoms with Crippen molar-refractivity contribution in [3.05, 3.63) is 18.2 Å². The fourth-order valence-electron chi connectivity index (χ4n) is 4.89. The predicted molar refractivity (Wildman–Crippen MR) is 186 cm³/mol. The number of nitrogens with one attached hydrogen (secondary N) is 6. The molecular formula is C31H53N11O11. The molecule has 0 saturated heterocycles. The summed E-state index contributed by atoms with van der Waals surface area (Å²) in [7, 11) is 0. The van der Waals surface area contributed by atoms with E-state index in [1.807, 2.05) is 0 Å². The van der Waals surface area contributed by atoms with Gasteiger partial charge in [-0.25, -0.2) is 9.78 Å². The molecule has 22 heteroatoms. The van der Waals surface area contributed by atoms with E-state index >= 15 is 0 Å². The molecule has 298 valence electrons. The number of carboxylic acids is 2. The minimum Gasteiger partial charge on any atom is -0.481 e. The van der Waals surface area contributed by atoms with Crippen molar-refractivity contribution >= 4 is 47.4 Å². The number of carbonyl (C=O) groups excluding carboxylic acids is 6. The first-order chi connectivity index (χ1) is 25.0. The monoisotopic (exact) mass is 755 g/mol. The number of nitrogens with zero attached hydrogens (tertiary/aromatic N) is 1. The van der Waals surface area contributed by atoms with Crippen molar-refractivity contribution in [3.8, 4) is 0 Å². The molecule has 0 aliphatic heterocycles. The number of amides is 6. The molecule has 0 spiro atoms. The van der Waals surface area contributed by atoms with Crippen LogP contribution in [0.1, 0.15) is 70.4 Å². The van der Waals surface area contributed by atoms with Gasteiger partial charge in [0.2, 0.25) is 35.4 Å². The van der Waals surface area contributed by atoms with Gasteiger partial charge in [-0.1, -0.05) is 0 Å². The van der Waals surface area contributed by atoms with Crippen LogP contribution in [0.5, 0.6) is 0 Å². The van der Waals surface area contributed by atoms with E-state index in [2.05, 4.69) is 36.6 Å². The average Bonchev–Trinajstić information content (AvgIpc) is 3.60. The first kappa shape index (κ1) is 45.8. The highest BCUT2D eigenvalue weighted by atomic mass is 16.4. The van der Waals surface area contributed by atoms with Gasteiger partial charge in [-0.2, -0.15) is 0 Å². The van der Waals surface area contributed by atoms with Crippen molar-refractivity contribution in [2.24, 2.45) is 22.9 Å².